The molecule has 0 amide bonds. The van der Waals surface area contributed by atoms with Crippen molar-refractivity contribution in [3.63, 3.8) is 0 Å². The van der Waals surface area contributed by atoms with Crippen LogP contribution in [0.3, 0.4) is 0 Å². The van der Waals surface area contributed by atoms with E-state index < -0.39 is 5.97 Å². The van der Waals surface area contributed by atoms with Gasteiger partial charge in [0.15, 0.2) is 0 Å². The number of benzene rings is 1. The molecule has 0 spiro atoms. The molecule has 1 aliphatic carbocycles. The molecule has 0 aromatic heterocycles. The molecule has 0 aliphatic heterocycles. The molecule has 0 saturated carbocycles. The van der Waals surface area contributed by atoms with Gasteiger partial charge in [-0.25, -0.2) is 4.79 Å². The van der Waals surface area contributed by atoms with Crippen LogP contribution in [0.25, 0.3) is 5.57 Å². The zero-order valence-corrected chi connectivity index (χ0v) is 11.5. The summed E-state index contributed by atoms with van der Waals surface area (Å²) >= 11 is 0. The maximum atomic E-state index is 11.7. The molecule has 1 aromatic carbocycles. The van der Waals surface area contributed by atoms with Crippen LogP contribution in [-0.2, 0) is 16.2 Å². The number of allylic oxidation sites excluding steroid dienone is 1. The number of hydrogen-bond donors (Lipinski definition) is 0. The van der Waals surface area contributed by atoms with E-state index in [2.05, 4.69) is 4.94 Å². The van der Waals surface area contributed by atoms with Crippen LogP contribution in [0.5, 0.6) is 5.75 Å². The van der Waals surface area contributed by atoms with Gasteiger partial charge in [-0.15, -0.1) is 0 Å². The van der Waals surface area contributed by atoms with Crippen molar-refractivity contribution in [3.05, 3.63) is 35.4 Å². The minimum atomic E-state index is -0.962. The Bertz CT molecular complexity index is 466. The average Bonchev–Trinajstić information content (AvgIpc) is 2.49. The van der Waals surface area contributed by atoms with Gasteiger partial charge in [-0.3, -0.25) is 4.94 Å². The molecule has 0 atom stereocenters. The lowest BCUT2D eigenvalue weighted by Crippen LogP contribution is -2.04. The maximum absolute atomic E-state index is 11.7. The van der Waals surface area contributed by atoms with Gasteiger partial charge in [0.2, 0.25) is 0 Å². The first-order valence-corrected chi connectivity index (χ1v) is 6.45. The Balaban J connectivity index is 0.000000861. The minimum absolute atomic E-state index is 0.727. The standard InChI is InChI=1S/C13H13FO3.C2H6/c1-16-11-6-5-9-3-2-4-10(12(9)8-11)7-13(15)17-14;1-2/h5-8H,2-4H2,1H3;1-2H3/b10-7+;. The summed E-state index contributed by atoms with van der Waals surface area (Å²) in [6, 6.07) is 5.73. The van der Waals surface area contributed by atoms with E-state index in [1.807, 2.05) is 32.0 Å². The predicted octanol–water partition coefficient (Wildman–Crippen LogP) is 3.87. The number of aryl methyl sites for hydroxylation is 1. The van der Waals surface area contributed by atoms with Crippen LogP contribution in [0.4, 0.5) is 4.53 Å². The van der Waals surface area contributed by atoms with Crippen molar-refractivity contribution in [2.45, 2.75) is 33.1 Å². The first-order valence-electron chi connectivity index (χ1n) is 6.45. The Morgan fingerprint density at radius 2 is 2.05 bits per heavy atom. The minimum Gasteiger partial charge on any atom is -0.497 e. The molecular formula is C15H19FO3. The highest BCUT2D eigenvalue weighted by molar-refractivity contribution is 5.92. The summed E-state index contributed by atoms with van der Waals surface area (Å²) in [6.07, 6.45) is 3.86. The number of methoxy groups -OCH3 is 1. The molecule has 1 aliphatic rings. The van der Waals surface area contributed by atoms with Gasteiger partial charge < -0.3 is 4.74 Å². The first-order chi connectivity index (χ1) is 9.24. The SMILES string of the molecule is CC.COc1ccc2c(c1)/C(=C/C(=O)OF)CCC2. The number of ether oxygens (including phenoxy) is 1. The van der Waals surface area contributed by atoms with Gasteiger partial charge in [0, 0.05) is 10.6 Å². The smallest absolute Gasteiger partial charge is 0.372 e. The van der Waals surface area contributed by atoms with Crippen molar-refractivity contribution in [2.24, 2.45) is 0 Å². The second-order valence-corrected chi connectivity index (χ2v) is 3.94. The van der Waals surface area contributed by atoms with Crippen LogP contribution in [0.1, 0.15) is 37.8 Å². The van der Waals surface area contributed by atoms with Crippen LogP contribution in [0, 0.1) is 0 Å². The van der Waals surface area contributed by atoms with Gasteiger partial charge in [-0.1, -0.05) is 19.9 Å². The second kappa shape index (κ2) is 7.56. The van der Waals surface area contributed by atoms with E-state index in [-0.39, 0.29) is 0 Å². The summed E-state index contributed by atoms with van der Waals surface area (Å²) in [6.45, 7) is 4.00. The summed E-state index contributed by atoms with van der Waals surface area (Å²) in [5.74, 6) is -0.235. The Kier molecular flexibility index (Phi) is 6.06. The lowest BCUT2D eigenvalue weighted by molar-refractivity contribution is -0.176. The summed E-state index contributed by atoms with van der Waals surface area (Å²) in [5, 5.41) is 0. The van der Waals surface area contributed by atoms with Gasteiger partial charge in [0.1, 0.15) is 5.75 Å². The zero-order valence-electron chi connectivity index (χ0n) is 11.5. The monoisotopic (exact) mass is 266 g/mol. The molecule has 3 nitrogen and oxygen atoms in total. The Morgan fingerprint density at radius 3 is 2.68 bits per heavy atom. The third kappa shape index (κ3) is 3.81. The zero-order chi connectivity index (χ0) is 14.3. The average molecular weight is 266 g/mol. The van der Waals surface area contributed by atoms with Gasteiger partial charge >= 0.3 is 5.97 Å². The summed E-state index contributed by atoms with van der Waals surface area (Å²) in [5.41, 5.74) is 2.89. The van der Waals surface area contributed by atoms with Crippen molar-refractivity contribution in [2.75, 3.05) is 7.11 Å². The van der Waals surface area contributed by atoms with E-state index in [1.54, 1.807) is 7.11 Å². The normalized spacial score (nSPS) is 15.1. The summed E-state index contributed by atoms with van der Waals surface area (Å²) in [7, 11) is 1.59. The first kappa shape index (κ1) is 15.2. The molecule has 0 fully saturated rings. The molecule has 1 aromatic rings. The molecule has 0 bridgehead atoms. The van der Waals surface area contributed by atoms with Gasteiger partial charge in [0.25, 0.3) is 0 Å². The number of rotatable bonds is 2. The van der Waals surface area contributed by atoms with Crippen molar-refractivity contribution in [3.8, 4) is 5.75 Å². The van der Waals surface area contributed by atoms with E-state index in [0.29, 0.717) is 0 Å². The fraction of sp³-hybridized carbons (Fsp3) is 0.400. The van der Waals surface area contributed by atoms with E-state index in [0.717, 1.165) is 41.7 Å². The van der Waals surface area contributed by atoms with Gasteiger partial charge in [0.05, 0.1) is 7.11 Å². The molecule has 2 rings (SSSR count). The van der Waals surface area contributed by atoms with Crippen molar-refractivity contribution in [1.82, 2.24) is 0 Å². The van der Waals surface area contributed by atoms with Crippen LogP contribution in [0.15, 0.2) is 24.3 Å². The second-order valence-electron chi connectivity index (χ2n) is 3.94. The number of fused-ring (bicyclic) bond motifs is 1. The maximum Gasteiger partial charge on any atom is 0.372 e. The van der Waals surface area contributed by atoms with E-state index in [9.17, 15) is 9.32 Å². The van der Waals surface area contributed by atoms with Crippen molar-refractivity contribution in [1.29, 1.82) is 0 Å². The Labute approximate surface area is 112 Å². The molecule has 0 heterocycles. The number of halogens is 1. The van der Waals surface area contributed by atoms with Crippen molar-refractivity contribution >= 4 is 11.5 Å². The lowest BCUT2D eigenvalue weighted by atomic mass is 9.87. The fourth-order valence-electron chi connectivity index (χ4n) is 2.12. The quantitative estimate of drug-likeness (QED) is 0.762. The topological polar surface area (TPSA) is 35.5 Å². The van der Waals surface area contributed by atoms with Gasteiger partial charge in [-0.05, 0) is 48.1 Å². The van der Waals surface area contributed by atoms with E-state index >= 15 is 0 Å². The van der Waals surface area contributed by atoms with Gasteiger partial charge in [-0.2, -0.15) is 0 Å². The van der Waals surface area contributed by atoms with Crippen LogP contribution in [-0.4, -0.2) is 13.1 Å². The Hall–Kier alpha value is -1.84. The van der Waals surface area contributed by atoms with E-state index in [1.165, 1.54) is 6.08 Å². The number of carbonyl (C=O) groups excluding carboxylic acids is 1. The van der Waals surface area contributed by atoms with Crippen molar-refractivity contribution < 1.29 is 19.0 Å². The third-order valence-corrected chi connectivity index (χ3v) is 2.92. The third-order valence-electron chi connectivity index (χ3n) is 2.92. The predicted molar refractivity (Wildman–Crippen MR) is 72.5 cm³/mol. The Morgan fingerprint density at radius 1 is 1.32 bits per heavy atom. The number of carbonyl (C=O) groups is 1. The lowest BCUT2D eigenvalue weighted by Gasteiger charge is -2.19. The highest BCUT2D eigenvalue weighted by Gasteiger charge is 2.16. The molecule has 0 saturated heterocycles. The number of hydrogen-bond acceptors (Lipinski definition) is 3. The van der Waals surface area contributed by atoms with Crippen LogP contribution >= 0.6 is 0 Å². The largest absolute Gasteiger partial charge is 0.497 e. The molecule has 0 radical (unpaired) electrons. The highest BCUT2D eigenvalue weighted by Crippen LogP contribution is 2.33. The fourth-order valence-corrected chi connectivity index (χ4v) is 2.12. The van der Waals surface area contributed by atoms with Crippen LogP contribution < -0.4 is 4.74 Å². The van der Waals surface area contributed by atoms with Crippen LogP contribution in [0.2, 0.25) is 0 Å². The molecular weight excluding hydrogens is 247 g/mol. The molecule has 19 heavy (non-hydrogen) atoms. The summed E-state index contributed by atoms with van der Waals surface area (Å²) in [4.78, 5) is 14.1. The van der Waals surface area contributed by atoms with E-state index in [4.69, 9.17) is 4.74 Å². The molecule has 104 valence electrons. The summed E-state index contributed by atoms with van der Waals surface area (Å²) < 4.78 is 16.9. The highest BCUT2D eigenvalue weighted by atomic mass is 19.3. The molecule has 0 unspecified atom stereocenters. The molecule has 4 heteroatoms. The molecule has 0 N–H and O–H groups in total.